The number of anilines is 3. The summed E-state index contributed by atoms with van der Waals surface area (Å²) in [6, 6.07) is 11.8. The van der Waals surface area contributed by atoms with Gasteiger partial charge >= 0.3 is 0 Å². The number of para-hydroxylation sites is 2. The third-order valence-electron chi connectivity index (χ3n) is 5.18. The Kier molecular flexibility index (Phi) is 4.80. The summed E-state index contributed by atoms with van der Waals surface area (Å²) in [5.74, 6) is 0.457. The van der Waals surface area contributed by atoms with Crippen LogP contribution < -0.4 is 20.1 Å². The number of hydrogen-bond donors (Lipinski definition) is 2. The monoisotopic (exact) mass is 400 g/mol. The molecule has 0 saturated carbocycles. The fraction of sp³-hybridized carbons (Fsp3) is 0.300. The summed E-state index contributed by atoms with van der Waals surface area (Å²) in [5, 5.41) is 0. The topological polar surface area (TPSA) is 87.9 Å². The summed E-state index contributed by atoms with van der Waals surface area (Å²) >= 11 is 0. The molecule has 0 bridgehead atoms. The quantitative estimate of drug-likeness (QED) is 0.750. The highest BCUT2D eigenvalue weighted by Gasteiger charge is 2.25. The highest BCUT2D eigenvalue weighted by atomic mass is 32.2. The average molecular weight is 401 g/mol. The van der Waals surface area contributed by atoms with Crippen molar-refractivity contribution in [3.8, 4) is 5.75 Å². The number of nitrogen functional groups attached to an aromatic ring is 1. The number of piperazine rings is 1. The van der Waals surface area contributed by atoms with Gasteiger partial charge in [0.2, 0.25) is 0 Å². The molecule has 28 heavy (non-hydrogen) atoms. The van der Waals surface area contributed by atoms with E-state index in [1.807, 2.05) is 0 Å². The maximum Gasteiger partial charge on any atom is 0.262 e. The van der Waals surface area contributed by atoms with E-state index in [0.29, 0.717) is 17.1 Å². The Labute approximate surface area is 165 Å². The van der Waals surface area contributed by atoms with Crippen molar-refractivity contribution in [1.29, 1.82) is 0 Å². The summed E-state index contributed by atoms with van der Waals surface area (Å²) in [4.78, 5) is 4.72. The Bertz CT molecular complexity index is 1020. The van der Waals surface area contributed by atoms with Crippen LogP contribution in [0.5, 0.6) is 5.75 Å². The van der Waals surface area contributed by atoms with Gasteiger partial charge in [0.05, 0.1) is 35.6 Å². The van der Waals surface area contributed by atoms with E-state index in [2.05, 4.69) is 20.6 Å². The predicted octanol–water partition coefficient (Wildman–Crippen LogP) is 2.49. The second-order valence-corrected chi connectivity index (χ2v) is 8.60. The van der Waals surface area contributed by atoms with Crippen LogP contribution in [0, 0.1) is 0 Å². The second-order valence-electron chi connectivity index (χ2n) is 6.92. The summed E-state index contributed by atoms with van der Waals surface area (Å²) in [5.41, 5.74) is 9.27. The van der Waals surface area contributed by atoms with E-state index in [1.54, 1.807) is 36.4 Å². The van der Waals surface area contributed by atoms with Gasteiger partial charge in [0.15, 0.2) is 0 Å². The van der Waals surface area contributed by atoms with E-state index < -0.39 is 10.0 Å². The van der Waals surface area contributed by atoms with E-state index in [0.717, 1.165) is 38.3 Å². The van der Waals surface area contributed by atoms with Gasteiger partial charge in [0.25, 0.3) is 10.0 Å². The van der Waals surface area contributed by atoms with E-state index in [4.69, 9.17) is 10.5 Å². The molecule has 2 aromatic rings. The Morgan fingerprint density at radius 3 is 2.64 bits per heavy atom. The molecule has 0 unspecified atom stereocenters. The summed E-state index contributed by atoms with van der Waals surface area (Å²) in [7, 11) is -2.28. The number of methoxy groups -OCH3 is 1. The van der Waals surface area contributed by atoms with Gasteiger partial charge in [-0.15, -0.1) is 0 Å². The minimum absolute atomic E-state index is 0.123. The lowest BCUT2D eigenvalue weighted by molar-refractivity contribution is 0.348. The lowest BCUT2D eigenvalue weighted by Gasteiger charge is -2.37. The number of fused-ring (bicyclic) bond motifs is 1. The molecule has 2 aliphatic heterocycles. The Morgan fingerprint density at radius 2 is 1.86 bits per heavy atom. The predicted molar refractivity (Wildman–Crippen MR) is 111 cm³/mol. The Morgan fingerprint density at radius 1 is 1.07 bits per heavy atom. The molecule has 3 N–H and O–H groups in total. The summed E-state index contributed by atoms with van der Waals surface area (Å²) in [6.45, 7) is 3.72. The molecule has 0 aliphatic carbocycles. The minimum atomic E-state index is -3.78. The van der Waals surface area contributed by atoms with Crippen LogP contribution in [-0.2, 0) is 10.0 Å². The summed E-state index contributed by atoms with van der Waals surface area (Å²) < 4.78 is 33.4. The van der Waals surface area contributed by atoms with Gasteiger partial charge in [-0.25, -0.2) is 8.42 Å². The first-order chi connectivity index (χ1) is 13.5. The fourth-order valence-electron chi connectivity index (χ4n) is 3.72. The van der Waals surface area contributed by atoms with Gasteiger partial charge in [-0.1, -0.05) is 18.2 Å². The van der Waals surface area contributed by atoms with Crippen molar-refractivity contribution in [2.45, 2.75) is 11.3 Å². The van der Waals surface area contributed by atoms with E-state index in [-0.39, 0.29) is 4.90 Å². The van der Waals surface area contributed by atoms with E-state index in [9.17, 15) is 8.42 Å². The number of benzene rings is 2. The molecule has 1 saturated heterocycles. The van der Waals surface area contributed by atoms with Crippen molar-refractivity contribution in [3.05, 3.63) is 54.2 Å². The van der Waals surface area contributed by atoms with Crippen molar-refractivity contribution in [1.82, 2.24) is 4.90 Å². The third-order valence-corrected chi connectivity index (χ3v) is 6.54. The number of sulfonamides is 1. The van der Waals surface area contributed by atoms with Gasteiger partial charge in [-0.2, -0.15) is 0 Å². The molecular formula is C20H24N4O3S. The lowest BCUT2D eigenvalue weighted by atomic mass is 10.2. The number of nitrogens with one attached hydrogen (secondary N) is 1. The van der Waals surface area contributed by atoms with Crippen LogP contribution in [0.4, 0.5) is 17.1 Å². The van der Waals surface area contributed by atoms with E-state index >= 15 is 0 Å². The van der Waals surface area contributed by atoms with Crippen molar-refractivity contribution >= 4 is 27.1 Å². The summed E-state index contributed by atoms with van der Waals surface area (Å²) in [6.07, 6.45) is 3.35. The maximum absolute atomic E-state index is 12.8. The van der Waals surface area contributed by atoms with Crippen LogP contribution in [0.2, 0.25) is 0 Å². The highest BCUT2D eigenvalue weighted by molar-refractivity contribution is 7.92. The Balaban J connectivity index is 1.57. The molecule has 2 heterocycles. The molecule has 2 aliphatic rings. The van der Waals surface area contributed by atoms with Crippen molar-refractivity contribution < 1.29 is 13.2 Å². The van der Waals surface area contributed by atoms with Gasteiger partial charge in [0, 0.05) is 25.3 Å². The first-order valence-electron chi connectivity index (χ1n) is 9.22. The largest absolute Gasteiger partial charge is 0.495 e. The SMILES string of the molecule is COc1ccccc1NS(=O)(=O)c1ccc(N2CCN3CCC=C3C2)c(N)c1. The van der Waals surface area contributed by atoms with Crippen LogP contribution in [0.15, 0.2) is 59.1 Å². The number of rotatable bonds is 5. The normalized spacial score (nSPS) is 16.5. The number of ether oxygens (including phenoxy) is 1. The van der Waals surface area contributed by atoms with Crippen molar-refractivity contribution in [2.24, 2.45) is 0 Å². The molecule has 148 valence electrons. The first kappa shape index (κ1) is 18.5. The first-order valence-corrected chi connectivity index (χ1v) is 10.7. The molecule has 1 fully saturated rings. The average Bonchev–Trinajstić information content (AvgIpc) is 3.16. The molecule has 4 rings (SSSR count). The van der Waals surface area contributed by atoms with Crippen LogP contribution in [0.25, 0.3) is 0 Å². The Hall–Kier alpha value is -2.87. The third kappa shape index (κ3) is 3.47. The zero-order valence-corrected chi connectivity index (χ0v) is 16.6. The smallest absolute Gasteiger partial charge is 0.262 e. The molecule has 0 aromatic heterocycles. The standard InChI is InChI=1S/C20H24N4O3S/c1-27-20-7-3-2-6-18(20)22-28(25,26)16-8-9-19(17(21)13-16)24-12-11-23-10-4-5-15(23)14-24/h2-3,5-9,13,22H,4,10-12,14,21H2,1H3. The fourth-order valence-corrected chi connectivity index (χ4v) is 4.83. The lowest BCUT2D eigenvalue weighted by Crippen LogP contribution is -2.43. The van der Waals surface area contributed by atoms with Crippen LogP contribution in [-0.4, -0.2) is 46.6 Å². The molecule has 8 heteroatoms. The van der Waals surface area contributed by atoms with Gasteiger partial charge in [-0.3, -0.25) is 4.72 Å². The number of nitrogens with zero attached hydrogens (tertiary/aromatic N) is 2. The van der Waals surface area contributed by atoms with Crippen molar-refractivity contribution in [2.75, 3.05) is 48.6 Å². The maximum atomic E-state index is 12.8. The molecular weight excluding hydrogens is 376 g/mol. The molecule has 0 atom stereocenters. The van der Waals surface area contributed by atoms with Gasteiger partial charge < -0.3 is 20.3 Å². The molecule has 0 radical (unpaired) electrons. The minimum Gasteiger partial charge on any atom is -0.495 e. The zero-order valence-electron chi connectivity index (χ0n) is 15.8. The van der Waals surface area contributed by atoms with Gasteiger partial charge in [0.1, 0.15) is 5.75 Å². The molecule has 2 aromatic carbocycles. The van der Waals surface area contributed by atoms with Crippen LogP contribution in [0.1, 0.15) is 6.42 Å². The highest BCUT2D eigenvalue weighted by Crippen LogP contribution is 2.32. The van der Waals surface area contributed by atoms with E-state index in [1.165, 1.54) is 18.9 Å². The molecule has 7 nitrogen and oxygen atoms in total. The second kappa shape index (κ2) is 7.27. The van der Waals surface area contributed by atoms with Crippen molar-refractivity contribution in [3.63, 3.8) is 0 Å². The van der Waals surface area contributed by atoms with Gasteiger partial charge in [-0.05, 0) is 36.8 Å². The molecule has 0 spiro atoms. The number of nitrogens with two attached hydrogens (primary N) is 1. The van der Waals surface area contributed by atoms with Crippen LogP contribution in [0.3, 0.4) is 0 Å². The zero-order chi connectivity index (χ0) is 19.7. The molecule has 0 amide bonds. The van der Waals surface area contributed by atoms with Crippen LogP contribution >= 0.6 is 0 Å². The number of hydrogen-bond acceptors (Lipinski definition) is 6.